The van der Waals surface area contributed by atoms with E-state index in [1.807, 2.05) is 12.4 Å². The van der Waals surface area contributed by atoms with E-state index in [0.717, 1.165) is 44.1 Å². The smallest absolute Gasteiger partial charge is 0.146 e. The Morgan fingerprint density at radius 2 is 2.00 bits per heavy atom. The van der Waals surface area contributed by atoms with Crippen LogP contribution < -0.4 is 5.32 Å². The molecule has 0 aromatic carbocycles. The van der Waals surface area contributed by atoms with E-state index in [4.69, 9.17) is 0 Å². The summed E-state index contributed by atoms with van der Waals surface area (Å²) in [5.74, 6) is 0.941. The Bertz CT molecular complexity index is 378. The summed E-state index contributed by atoms with van der Waals surface area (Å²) in [6.07, 6.45) is 5.11. The van der Waals surface area contributed by atoms with Gasteiger partial charge in [0.25, 0.3) is 0 Å². The Labute approximate surface area is 116 Å². The third-order valence-corrected chi connectivity index (χ3v) is 3.67. The number of hydrogen-bond acceptors (Lipinski definition) is 5. The van der Waals surface area contributed by atoms with E-state index in [1.54, 1.807) is 0 Å². The average molecular weight is 263 g/mol. The van der Waals surface area contributed by atoms with Gasteiger partial charge in [0, 0.05) is 31.0 Å². The van der Waals surface area contributed by atoms with Crippen molar-refractivity contribution in [3.8, 4) is 0 Å². The van der Waals surface area contributed by atoms with Crippen LogP contribution in [0, 0.1) is 0 Å². The molecule has 5 nitrogen and oxygen atoms in total. The fourth-order valence-electron chi connectivity index (χ4n) is 2.45. The average Bonchev–Trinajstić information content (AvgIpc) is 2.59. The van der Waals surface area contributed by atoms with Gasteiger partial charge in [-0.15, -0.1) is 0 Å². The molecular formula is C14H25N5. The predicted molar refractivity (Wildman–Crippen MR) is 76.9 cm³/mol. The monoisotopic (exact) mass is 263 g/mol. The molecule has 0 bridgehead atoms. The first-order valence-electron chi connectivity index (χ1n) is 7.11. The van der Waals surface area contributed by atoms with Gasteiger partial charge in [-0.25, -0.2) is 9.97 Å². The zero-order valence-electron chi connectivity index (χ0n) is 12.3. The maximum absolute atomic E-state index is 4.56. The molecule has 0 saturated carbocycles. The van der Waals surface area contributed by atoms with Gasteiger partial charge in [0.15, 0.2) is 0 Å². The zero-order chi connectivity index (χ0) is 13.7. The molecule has 1 aromatic heterocycles. The predicted octanol–water partition coefficient (Wildman–Crippen LogP) is 0.895. The highest BCUT2D eigenvalue weighted by Crippen LogP contribution is 2.19. The summed E-state index contributed by atoms with van der Waals surface area (Å²) in [6, 6.07) is 0.306. The summed E-state index contributed by atoms with van der Waals surface area (Å²) in [5.41, 5.74) is 1.15. The summed E-state index contributed by atoms with van der Waals surface area (Å²) >= 11 is 0. The minimum atomic E-state index is 0.306. The number of hydrogen-bond donors (Lipinski definition) is 1. The minimum Gasteiger partial charge on any atom is -0.313 e. The van der Waals surface area contributed by atoms with Crippen molar-refractivity contribution in [1.29, 1.82) is 0 Å². The molecular weight excluding hydrogens is 238 g/mol. The zero-order valence-corrected chi connectivity index (χ0v) is 12.3. The molecule has 1 atom stereocenters. The van der Waals surface area contributed by atoms with Crippen LogP contribution >= 0.6 is 0 Å². The summed E-state index contributed by atoms with van der Waals surface area (Å²) in [7, 11) is 4.34. The molecule has 0 spiro atoms. The number of nitrogens with one attached hydrogen (secondary N) is 1. The Morgan fingerprint density at radius 3 is 2.68 bits per heavy atom. The van der Waals surface area contributed by atoms with Crippen LogP contribution in [0.25, 0.3) is 0 Å². The molecule has 2 rings (SSSR count). The lowest BCUT2D eigenvalue weighted by molar-refractivity contribution is 0.219. The summed E-state index contributed by atoms with van der Waals surface area (Å²) in [6.45, 7) is 7.18. The topological polar surface area (TPSA) is 44.3 Å². The molecule has 0 radical (unpaired) electrons. The minimum absolute atomic E-state index is 0.306. The maximum Gasteiger partial charge on any atom is 0.146 e. The van der Waals surface area contributed by atoms with Crippen LogP contribution in [0.15, 0.2) is 12.4 Å². The van der Waals surface area contributed by atoms with E-state index in [9.17, 15) is 0 Å². The van der Waals surface area contributed by atoms with Crippen LogP contribution in [0.3, 0.4) is 0 Å². The maximum atomic E-state index is 4.56. The summed E-state index contributed by atoms with van der Waals surface area (Å²) in [5, 5.41) is 3.29. The fourth-order valence-corrected chi connectivity index (χ4v) is 2.45. The lowest BCUT2D eigenvalue weighted by Gasteiger charge is -2.26. The van der Waals surface area contributed by atoms with Gasteiger partial charge in [0.2, 0.25) is 0 Å². The molecule has 2 heterocycles. The normalized spacial score (nSPS) is 22.4. The first kappa shape index (κ1) is 14.4. The summed E-state index contributed by atoms with van der Waals surface area (Å²) < 4.78 is 0. The van der Waals surface area contributed by atoms with Gasteiger partial charge >= 0.3 is 0 Å². The molecule has 106 valence electrons. The van der Waals surface area contributed by atoms with Gasteiger partial charge in [-0.1, -0.05) is 6.92 Å². The quantitative estimate of drug-likeness (QED) is 0.874. The highest BCUT2D eigenvalue weighted by Gasteiger charge is 2.24. The van der Waals surface area contributed by atoms with Crippen molar-refractivity contribution in [2.45, 2.75) is 25.9 Å². The molecule has 1 aliphatic rings. The SMILES string of the molecule is CCNCc1cnc(C2CN(C)CCCN2C)nc1. The second kappa shape index (κ2) is 6.93. The van der Waals surface area contributed by atoms with Crippen molar-refractivity contribution in [3.05, 3.63) is 23.8 Å². The molecule has 5 heteroatoms. The van der Waals surface area contributed by atoms with Crippen LogP contribution in [0.2, 0.25) is 0 Å². The molecule has 1 fully saturated rings. The Balaban J connectivity index is 2.06. The van der Waals surface area contributed by atoms with Crippen molar-refractivity contribution in [3.63, 3.8) is 0 Å². The van der Waals surface area contributed by atoms with Crippen LogP contribution in [-0.2, 0) is 6.54 Å². The fraction of sp³-hybridized carbons (Fsp3) is 0.714. The van der Waals surface area contributed by atoms with E-state index >= 15 is 0 Å². The van der Waals surface area contributed by atoms with Crippen LogP contribution in [0.1, 0.15) is 30.8 Å². The molecule has 1 aromatic rings. The Hall–Kier alpha value is -1.04. The second-order valence-electron chi connectivity index (χ2n) is 5.34. The van der Waals surface area contributed by atoms with Crippen LogP contribution in [-0.4, -0.2) is 60.0 Å². The van der Waals surface area contributed by atoms with E-state index in [0.29, 0.717) is 6.04 Å². The van der Waals surface area contributed by atoms with Gasteiger partial charge in [-0.05, 0) is 40.2 Å². The van der Waals surface area contributed by atoms with Crippen molar-refractivity contribution in [2.75, 3.05) is 40.3 Å². The number of likely N-dealkylation sites (N-methyl/N-ethyl adjacent to an activating group) is 2. The number of rotatable bonds is 4. The van der Waals surface area contributed by atoms with Gasteiger partial charge < -0.3 is 10.2 Å². The Kier molecular flexibility index (Phi) is 5.24. The first-order valence-corrected chi connectivity index (χ1v) is 7.11. The molecule has 1 unspecified atom stereocenters. The third kappa shape index (κ3) is 3.96. The van der Waals surface area contributed by atoms with Gasteiger partial charge in [0.05, 0.1) is 6.04 Å². The van der Waals surface area contributed by atoms with Crippen molar-refractivity contribution < 1.29 is 0 Å². The van der Waals surface area contributed by atoms with Crippen molar-refractivity contribution in [2.24, 2.45) is 0 Å². The van der Waals surface area contributed by atoms with E-state index in [2.05, 4.69) is 46.1 Å². The molecule has 1 saturated heterocycles. The molecule has 0 amide bonds. The molecule has 19 heavy (non-hydrogen) atoms. The number of nitrogens with zero attached hydrogens (tertiary/aromatic N) is 4. The largest absolute Gasteiger partial charge is 0.313 e. The van der Waals surface area contributed by atoms with Crippen molar-refractivity contribution >= 4 is 0 Å². The van der Waals surface area contributed by atoms with E-state index in [-0.39, 0.29) is 0 Å². The van der Waals surface area contributed by atoms with Gasteiger partial charge in [-0.3, -0.25) is 4.90 Å². The highest BCUT2D eigenvalue weighted by molar-refractivity contribution is 5.07. The van der Waals surface area contributed by atoms with Crippen LogP contribution in [0.5, 0.6) is 0 Å². The molecule has 1 aliphatic heterocycles. The summed E-state index contributed by atoms with van der Waals surface area (Å²) in [4.78, 5) is 13.9. The number of aromatic nitrogens is 2. The molecule has 1 N–H and O–H groups in total. The lowest BCUT2D eigenvalue weighted by Crippen LogP contribution is -2.32. The highest BCUT2D eigenvalue weighted by atomic mass is 15.2. The van der Waals surface area contributed by atoms with Crippen molar-refractivity contribution in [1.82, 2.24) is 25.1 Å². The Morgan fingerprint density at radius 1 is 1.26 bits per heavy atom. The van der Waals surface area contributed by atoms with E-state index < -0.39 is 0 Å². The standard InChI is InChI=1S/C14H25N5/c1-4-15-8-12-9-16-14(17-10-12)13-11-18(2)6-5-7-19(13)3/h9-10,13,15H,4-8,11H2,1-3H3. The van der Waals surface area contributed by atoms with Crippen LogP contribution in [0.4, 0.5) is 0 Å². The first-order chi connectivity index (χ1) is 9.20. The third-order valence-electron chi connectivity index (χ3n) is 3.67. The second-order valence-corrected chi connectivity index (χ2v) is 5.34. The molecule has 0 aliphatic carbocycles. The van der Waals surface area contributed by atoms with Gasteiger partial charge in [-0.2, -0.15) is 0 Å². The van der Waals surface area contributed by atoms with E-state index in [1.165, 1.54) is 6.42 Å². The van der Waals surface area contributed by atoms with Gasteiger partial charge in [0.1, 0.15) is 5.82 Å². The lowest BCUT2D eigenvalue weighted by atomic mass is 10.2.